The number of allylic oxidation sites excluding steroid dienone is 5. The molecule has 2 aromatic heterocycles. The summed E-state index contributed by atoms with van der Waals surface area (Å²) < 4.78 is 11.2. The molecule has 0 aliphatic rings. The molecule has 0 saturated carbocycles. The Morgan fingerprint density at radius 1 is 0.962 bits per heavy atom. The highest BCUT2D eigenvalue weighted by atomic mass is 32.2. The Balaban J connectivity index is 0.00000158. The summed E-state index contributed by atoms with van der Waals surface area (Å²) in [4.78, 5) is 12.6. The molecule has 0 fully saturated rings. The lowest BCUT2D eigenvalue weighted by atomic mass is 10.0. The number of thioether (sulfide) groups is 1. The van der Waals surface area contributed by atoms with Gasteiger partial charge in [-0.3, -0.25) is 4.98 Å². The molecular weight excluding hydrogens is 661 g/mol. The fraction of sp³-hybridized carbons (Fsp3) is 0.556. The molecule has 2 heterocycles. The monoisotopic (exact) mass is 735 g/mol. The van der Waals surface area contributed by atoms with E-state index < -0.39 is 0 Å². The fourth-order valence-corrected chi connectivity index (χ4v) is 5.24. The van der Waals surface area contributed by atoms with E-state index in [4.69, 9.17) is 15.2 Å². The maximum absolute atomic E-state index is 5.66. The Labute approximate surface area is 323 Å². The summed E-state index contributed by atoms with van der Waals surface area (Å²) in [5.74, 6) is 1.55. The number of fused-ring (bicyclic) bond motifs is 1. The Hall–Kier alpha value is -2.97. The molecule has 0 aliphatic carbocycles. The smallest absolute Gasteiger partial charge is 0.147 e. The van der Waals surface area contributed by atoms with E-state index in [0.29, 0.717) is 25.4 Å². The second-order valence-electron chi connectivity index (χ2n) is 13.6. The van der Waals surface area contributed by atoms with Gasteiger partial charge in [-0.15, -0.1) is 11.8 Å². The largest absolute Gasteiger partial charge is 0.355 e. The third kappa shape index (κ3) is 22.9. The van der Waals surface area contributed by atoms with Gasteiger partial charge in [0.1, 0.15) is 6.79 Å². The molecule has 0 aliphatic heterocycles. The topological polar surface area (TPSA) is 86.0 Å². The lowest BCUT2D eigenvalue weighted by molar-refractivity contribution is -0.0490. The van der Waals surface area contributed by atoms with Crippen molar-refractivity contribution >= 4 is 28.2 Å². The number of hydrogen-bond donors (Lipinski definition) is 2. The molecule has 0 radical (unpaired) electrons. The normalized spacial score (nSPS) is 12.7. The number of pyridine rings is 1. The predicted octanol–water partition coefficient (Wildman–Crippen LogP) is 13.5. The van der Waals surface area contributed by atoms with Gasteiger partial charge in [0.25, 0.3) is 0 Å². The van der Waals surface area contributed by atoms with Gasteiger partial charge < -0.3 is 20.2 Å². The number of benzene rings is 1. The molecule has 0 saturated heterocycles. The van der Waals surface area contributed by atoms with Crippen molar-refractivity contribution in [3.8, 4) is 11.3 Å². The maximum Gasteiger partial charge on any atom is 0.147 e. The number of H-pyrrole nitrogens is 1. The number of aromatic nitrogens is 3. The van der Waals surface area contributed by atoms with Crippen LogP contribution in [0.15, 0.2) is 78.2 Å². The van der Waals surface area contributed by atoms with Crippen LogP contribution < -0.4 is 5.73 Å². The molecule has 292 valence electrons. The summed E-state index contributed by atoms with van der Waals surface area (Å²) >= 11 is 1.76. The first kappa shape index (κ1) is 49.0. The summed E-state index contributed by atoms with van der Waals surface area (Å²) in [6, 6.07) is 9.02. The maximum atomic E-state index is 5.66. The molecule has 52 heavy (non-hydrogen) atoms. The number of nitrogens with one attached hydrogen (secondary N) is 1. The van der Waals surface area contributed by atoms with Crippen molar-refractivity contribution < 1.29 is 9.47 Å². The van der Waals surface area contributed by atoms with Crippen molar-refractivity contribution in [3.63, 3.8) is 0 Å². The van der Waals surface area contributed by atoms with Gasteiger partial charge >= 0.3 is 0 Å². The minimum Gasteiger partial charge on any atom is -0.355 e. The summed E-state index contributed by atoms with van der Waals surface area (Å²) in [5, 5.41) is 3.28. The number of ether oxygens (including phenoxy) is 2. The van der Waals surface area contributed by atoms with Crippen LogP contribution in [0.4, 0.5) is 0 Å². The third-order valence-corrected chi connectivity index (χ3v) is 8.77. The first-order valence-electron chi connectivity index (χ1n) is 19.6. The summed E-state index contributed by atoms with van der Waals surface area (Å²) in [7, 11) is 0. The number of unbranched alkanes of at least 4 members (excludes halogenated alkanes) is 1. The first-order valence-corrected chi connectivity index (χ1v) is 20.7. The van der Waals surface area contributed by atoms with E-state index in [1.807, 2.05) is 25.3 Å². The van der Waals surface area contributed by atoms with Crippen LogP contribution in [0.3, 0.4) is 0 Å². The second kappa shape index (κ2) is 31.5. The number of hydrogen-bond acceptors (Lipinski definition) is 6. The van der Waals surface area contributed by atoms with Gasteiger partial charge in [-0.2, -0.15) is 0 Å². The Kier molecular flexibility index (Phi) is 29.7. The van der Waals surface area contributed by atoms with Gasteiger partial charge in [0.15, 0.2) is 0 Å². The quantitative estimate of drug-likeness (QED) is 0.0724. The van der Waals surface area contributed by atoms with Gasteiger partial charge in [0, 0.05) is 35.5 Å². The number of nitrogens with two attached hydrogens (primary N) is 1. The molecule has 6 nitrogen and oxygen atoms in total. The zero-order valence-electron chi connectivity index (χ0n) is 34.8. The molecule has 0 spiro atoms. The molecule has 2 atom stereocenters. The van der Waals surface area contributed by atoms with E-state index in [9.17, 15) is 0 Å². The molecule has 3 rings (SSSR count). The summed E-state index contributed by atoms with van der Waals surface area (Å²) in [6.07, 6.45) is 19.4. The lowest BCUT2D eigenvalue weighted by Crippen LogP contribution is -2.17. The van der Waals surface area contributed by atoms with Crippen LogP contribution in [0.25, 0.3) is 27.7 Å². The Morgan fingerprint density at radius 3 is 2.31 bits per heavy atom. The summed E-state index contributed by atoms with van der Waals surface area (Å²) in [5.41, 5.74) is 14.2. The van der Waals surface area contributed by atoms with Crippen molar-refractivity contribution in [3.05, 3.63) is 89.4 Å². The lowest BCUT2D eigenvalue weighted by Gasteiger charge is -2.09. The number of imidazole rings is 1. The molecule has 3 N–H and O–H groups in total. The van der Waals surface area contributed by atoms with Crippen molar-refractivity contribution in [2.45, 2.75) is 139 Å². The first-order chi connectivity index (χ1) is 25.0. The van der Waals surface area contributed by atoms with Crippen LogP contribution >= 0.6 is 11.8 Å². The van der Waals surface area contributed by atoms with Crippen molar-refractivity contribution in [1.82, 2.24) is 15.0 Å². The van der Waals surface area contributed by atoms with Crippen molar-refractivity contribution in [2.24, 2.45) is 11.7 Å². The van der Waals surface area contributed by atoms with E-state index >= 15 is 0 Å². The average Bonchev–Trinajstić information content (AvgIpc) is 3.63. The molecule has 1 unspecified atom stereocenters. The number of rotatable bonds is 19. The second-order valence-corrected chi connectivity index (χ2v) is 14.5. The molecular formula is C45H74N4O2S. The van der Waals surface area contributed by atoms with Crippen molar-refractivity contribution in [2.75, 3.05) is 20.0 Å². The standard InChI is InChI=1S/C32H41N3O2S.C7H17N.2C3H8/c1-7-24(4)13-14-36-22-37-18-25(5)19-38-20-27-15-29-16-28(11-12-30(29)33-17-27)32-31(34-21-35-32)26(6)10-8-9-23(2)3;1-3-5-6-7(8)4-2;2*1-3-2/h8-12,15-17,19,21,24H,2,7,13-14,18,20,22H2,1,3-6H3,(H,34,35);7H,3-6,8H2,1-2H3;2*3H2,1-2H3/b9-8-,25-19+,26-10+;;;/t;7-;;/m.0../s1. The van der Waals surface area contributed by atoms with Gasteiger partial charge in [-0.1, -0.05) is 124 Å². The van der Waals surface area contributed by atoms with E-state index in [1.54, 1.807) is 18.1 Å². The highest BCUT2D eigenvalue weighted by molar-refractivity contribution is 8.01. The molecule has 0 bridgehead atoms. The Bertz CT molecular complexity index is 1440. The van der Waals surface area contributed by atoms with Crippen LogP contribution in [0.2, 0.25) is 0 Å². The van der Waals surface area contributed by atoms with Crippen LogP contribution in [-0.4, -0.2) is 41.0 Å². The van der Waals surface area contributed by atoms with Gasteiger partial charge in [0.05, 0.1) is 29.8 Å². The number of nitrogens with zero attached hydrogens (tertiary/aromatic N) is 2. The minimum absolute atomic E-state index is 0.349. The highest BCUT2D eigenvalue weighted by Crippen LogP contribution is 2.29. The SMILES string of the molecule is C=C(C)/C=C\C=C(/C)c1nc[nH]c1-c1ccc2ncc(CS/C=C(\C)COCOCCC(C)CC)cc2c1.CCC.CCC.CCCC[C@@H](N)CC. The number of aromatic amines is 1. The van der Waals surface area contributed by atoms with E-state index in [0.717, 1.165) is 64.2 Å². The van der Waals surface area contributed by atoms with Crippen LogP contribution in [-0.2, 0) is 15.2 Å². The zero-order valence-corrected chi connectivity index (χ0v) is 35.6. The van der Waals surface area contributed by atoms with Crippen molar-refractivity contribution in [1.29, 1.82) is 0 Å². The van der Waals surface area contributed by atoms with Gasteiger partial charge in [-0.25, -0.2) is 4.98 Å². The minimum atomic E-state index is 0.349. The molecule has 3 aromatic rings. The Morgan fingerprint density at radius 2 is 1.67 bits per heavy atom. The van der Waals surface area contributed by atoms with E-state index in [2.05, 4.69) is 127 Å². The summed E-state index contributed by atoms with van der Waals surface area (Å²) in [6.45, 7) is 29.0. The van der Waals surface area contributed by atoms with E-state index in [1.165, 1.54) is 49.7 Å². The zero-order chi connectivity index (χ0) is 39.1. The predicted molar refractivity (Wildman–Crippen MR) is 233 cm³/mol. The highest BCUT2D eigenvalue weighted by Gasteiger charge is 2.11. The molecule has 1 aromatic carbocycles. The van der Waals surface area contributed by atoms with E-state index in [-0.39, 0.29) is 0 Å². The molecule has 7 heteroatoms. The van der Waals surface area contributed by atoms with Crippen LogP contribution in [0.1, 0.15) is 139 Å². The van der Waals surface area contributed by atoms with Gasteiger partial charge in [0.2, 0.25) is 0 Å². The van der Waals surface area contributed by atoms with Crippen LogP contribution in [0, 0.1) is 5.92 Å². The average molecular weight is 735 g/mol. The van der Waals surface area contributed by atoms with Gasteiger partial charge in [-0.05, 0) is 86.3 Å². The third-order valence-electron chi connectivity index (χ3n) is 7.70. The fourth-order valence-electron chi connectivity index (χ4n) is 4.45. The van der Waals surface area contributed by atoms with Crippen LogP contribution in [0.5, 0.6) is 0 Å². The molecule has 0 amide bonds.